The molecule has 50 heavy (non-hydrogen) atoms. The second-order valence-corrected chi connectivity index (χ2v) is 15.2. The predicted molar refractivity (Wildman–Crippen MR) is 185 cm³/mol. The molecule has 0 unspecified atom stereocenters. The number of aliphatic hydroxyl groups is 1. The number of aliphatic hydroxyl groups excluding tert-OH is 1. The van der Waals surface area contributed by atoms with Crippen molar-refractivity contribution in [2.24, 2.45) is 11.8 Å². The monoisotopic (exact) mass is 704 g/mol. The molecule has 0 bridgehead atoms. The Kier molecular flexibility index (Phi) is 12.3. The smallest absolute Gasteiger partial charge is 0.328 e. The van der Waals surface area contributed by atoms with E-state index >= 15 is 0 Å². The molecule has 3 N–H and O–H groups in total. The maximum Gasteiger partial charge on any atom is 0.328 e. The van der Waals surface area contributed by atoms with Gasteiger partial charge < -0.3 is 20.4 Å². The highest BCUT2D eigenvalue weighted by Crippen LogP contribution is 2.25. The Bertz CT molecular complexity index is 1840. The van der Waals surface area contributed by atoms with Gasteiger partial charge in [-0.25, -0.2) is 18.2 Å². The Morgan fingerprint density at radius 3 is 2.36 bits per heavy atom. The van der Waals surface area contributed by atoms with Crippen molar-refractivity contribution in [3.05, 3.63) is 89.2 Å². The summed E-state index contributed by atoms with van der Waals surface area (Å²) >= 11 is 0. The second kappa shape index (κ2) is 16.2. The van der Waals surface area contributed by atoms with Gasteiger partial charge in [0.25, 0.3) is 5.91 Å². The first-order valence-electron chi connectivity index (χ1n) is 16.4. The number of hydrogen-bond donors (Lipinski definition) is 3. The average molecular weight is 705 g/mol. The summed E-state index contributed by atoms with van der Waals surface area (Å²) in [5.74, 6) is -1.71. The van der Waals surface area contributed by atoms with E-state index in [-0.39, 0.29) is 54.9 Å². The highest BCUT2D eigenvalue weighted by atomic mass is 32.2. The van der Waals surface area contributed by atoms with Crippen LogP contribution in [0, 0.1) is 30.1 Å². The van der Waals surface area contributed by atoms with Gasteiger partial charge in [-0.05, 0) is 72.2 Å². The number of phenols is 1. The summed E-state index contributed by atoms with van der Waals surface area (Å²) in [6.07, 6.45) is 0.180. The van der Waals surface area contributed by atoms with Crippen LogP contribution < -0.4 is 5.32 Å². The number of aromatic nitrogens is 1. The molecule has 1 aromatic heterocycles. The van der Waals surface area contributed by atoms with Gasteiger partial charge in [0.1, 0.15) is 30.1 Å². The fraction of sp³-hybridized carbons (Fsp3) is 0.417. The van der Waals surface area contributed by atoms with Crippen LogP contribution in [0.4, 0.5) is 4.79 Å². The lowest BCUT2D eigenvalue weighted by Crippen LogP contribution is -2.57. The molecule has 1 aliphatic rings. The second-order valence-electron chi connectivity index (χ2n) is 13.3. The molecule has 3 aromatic rings. The first-order chi connectivity index (χ1) is 23.6. The normalized spacial score (nSPS) is 15.4. The molecule has 266 valence electrons. The van der Waals surface area contributed by atoms with Crippen LogP contribution in [0.2, 0.25) is 0 Å². The molecule has 0 aliphatic carbocycles. The Labute approximate surface area is 293 Å². The van der Waals surface area contributed by atoms with Gasteiger partial charge in [0.05, 0.1) is 23.6 Å². The third kappa shape index (κ3) is 9.03. The number of rotatable bonds is 15. The van der Waals surface area contributed by atoms with Crippen molar-refractivity contribution in [1.82, 2.24) is 24.4 Å². The molecule has 13 nitrogen and oxygen atoms in total. The molecule has 4 amide bonds. The number of nitrogens with zero attached hydrogens (tertiary/aromatic N) is 5. The zero-order valence-electron chi connectivity index (χ0n) is 28.9. The first kappa shape index (κ1) is 38.0. The summed E-state index contributed by atoms with van der Waals surface area (Å²) < 4.78 is 28.9. The summed E-state index contributed by atoms with van der Waals surface area (Å²) in [6, 6.07) is 15.3. The summed E-state index contributed by atoms with van der Waals surface area (Å²) in [7, 11) is -4.13. The van der Waals surface area contributed by atoms with Crippen LogP contribution in [-0.2, 0) is 32.6 Å². The molecule has 0 saturated carbocycles. The van der Waals surface area contributed by atoms with E-state index in [0.717, 1.165) is 10.5 Å². The standard InChI is InChI=1S/C36H44N6O7S/c1-23(2)19-40(50(48,49)29-11-12-31(43)25(5)15-29)21-32(44)30(17-26-9-7-6-8-10-26)39-35(46)34(24(3)4)42-22-33(45)41(36(42)47)20-27-13-14-38-28(16-27)18-37/h6-16,23-24,30,32,34,43-44H,17,19-22H2,1-5H3,(H,39,46)/t30-,32+,34-/m0/s1. The number of carbonyl (C=O) groups is 3. The molecular formula is C36H44N6O7S. The van der Waals surface area contributed by atoms with E-state index in [1.54, 1.807) is 26.8 Å². The highest BCUT2D eigenvalue weighted by molar-refractivity contribution is 7.89. The molecule has 4 rings (SSSR count). The summed E-state index contributed by atoms with van der Waals surface area (Å²) in [4.78, 5) is 46.9. The van der Waals surface area contributed by atoms with E-state index in [2.05, 4.69) is 10.3 Å². The molecule has 0 spiro atoms. The first-order valence-corrected chi connectivity index (χ1v) is 17.8. The molecule has 1 fully saturated rings. The van der Waals surface area contributed by atoms with Crippen molar-refractivity contribution < 1.29 is 33.0 Å². The van der Waals surface area contributed by atoms with Gasteiger partial charge in [-0.15, -0.1) is 0 Å². The van der Waals surface area contributed by atoms with E-state index in [0.29, 0.717) is 11.1 Å². The number of urea groups is 1. The van der Waals surface area contributed by atoms with Crippen LogP contribution in [0.5, 0.6) is 5.75 Å². The number of nitriles is 1. The van der Waals surface area contributed by atoms with Crippen LogP contribution in [0.25, 0.3) is 0 Å². The third-order valence-electron chi connectivity index (χ3n) is 8.45. The lowest BCUT2D eigenvalue weighted by Gasteiger charge is -2.34. The Morgan fingerprint density at radius 2 is 1.74 bits per heavy atom. The Balaban J connectivity index is 1.60. The van der Waals surface area contributed by atoms with Crippen LogP contribution in [0.1, 0.15) is 50.1 Å². The van der Waals surface area contributed by atoms with Crippen LogP contribution >= 0.6 is 0 Å². The fourth-order valence-corrected chi connectivity index (χ4v) is 7.63. The third-order valence-corrected chi connectivity index (χ3v) is 10.3. The molecule has 3 atom stereocenters. The number of phenolic OH excluding ortho intramolecular Hbond substituents is 1. The van der Waals surface area contributed by atoms with E-state index < -0.39 is 52.0 Å². The zero-order chi connectivity index (χ0) is 36.7. The minimum atomic E-state index is -4.13. The average Bonchev–Trinajstić information content (AvgIpc) is 3.33. The van der Waals surface area contributed by atoms with E-state index in [1.165, 1.54) is 39.7 Å². The number of aryl methyl sites for hydroxylation is 1. The fourth-order valence-electron chi connectivity index (χ4n) is 5.92. The van der Waals surface area contributed by atoms with E-state index in [1.807, 2.05) is 50.2 Å². The highest BCUT2D eigenvalue weighted by Gasteiger charge is 2.44. The Hall–Kier alpha value is -4.84. The van der Waals surface area contributed by atoms with Gasteiger partial charge in [-0.1, -0.05) is 58.0 Å². The van der Waals surface area contributed by atoms with Crippen LogP contribution in [0.3, 0.4) is 0 Å². The maximum atomic E-state index is 14.1. The summed E-state index contributed by atoms with van der Waals surface area (Å²) in [5, 5.41) is 33.8. The van der Waals surface area contributed by atoms with Crippen molar-refractivity contribution in [3.63, 3.8) is 0 Å². The van der Waals surface area contributed by atoms with E-state index in [9.17, 15) is 38.3 Å². The SMILES string of the molecule is Cc1cc(S(=O)(=O)N(CC(C)C)C[C@@H](O)[C@H](Cc2ccccc2)NC(=O)[C@H](C(C)C)N2CC(=O)N(Cc3ccnc(C#N)c3)C2=O)ccc1O. The number of amides is 4. The number of nitrogens with one attached hydrogen (secondary N) is 1. The molecule has 0 radical (unpaired) electrons. The molecule has 1 aliphatic heterocycles. The number of pyridine rings is 1. The van der Waals surface area contributed by atoms with Crippen molar-refractivity contribution >= 4 is 27.9 Å². The molecular weight excluding hydrogens is 660 g/mol. The molecule has 2 heterocycles. The minimum Gasteiger partial charge on any atom is -0.508 e. The van der Waals surface area contributed by atoms with Crippen molar-refractivity contribution in [2.75, 3.05) is 19.6 Å². The van der Waals surface area contributed by atoms with Gasteiger partial charge >= 0.3 is 6.03 Å². The zero-order valence-corrected chi connectivity index (χ0v) is 29.7. The maximum absolute atomic E-state index is 14.1. The Morgan fingerprint density at radius 1 is 1.04 bits per heavy atom. The number of benzene rings is 2. The van der Waals surface area contributed by atoms with Crippen LogP contribution in [-0.4, -0.2) is 93.4 Å². The lowest BCUT2D eigenvalue weighted by atomic mass is 9.97. The summed E-state index contributed by atoms with van der Waals surface area (Å²) in [6.45, 7) is 8.05. The molecule has 1 saturated heterocycles. The van der Waals surface area contributed by atoms with Crippen LogP contribution in [0.15, 0.2) is 71.8 Å². The van der Waals surface area contributed by atoms with Crippen molar-refractivity contribution in [2.45, 2.75) is 70.7 Å². The predicted octanol–water partition coefficient (Wildman–Crippen LogP) is 3.19. The minimum absolute atomic E-state index is 0.0402. The van der Waals surface area contributed by atoms with Crippen molar-refractivity contribution in [3.8, 4) is 11.8 Å². The van der Waals surface area contributed by atoms with Crippen molar-refractivity contribution in [1.29, 1.82) is 5.26 Å². The van der Waals surface area contributed by atoms with Gasteiger partial charge in [-0.3, -0.25) is 14.5 Å². The quantitative estimate of drug-likeness (QED) is 0.200. The van der Waals surface area contributed by atoms with Gasteiger partial charge in [0.2, 0.25) is 15.9 Å². The topological polar surface area (TPSA) is 184 Å². The number of carbonyl (C=O) groups excluding carboxylic acids is 3. The lowest BCUT2D eigenvalue weighted by molar-refractivity contribution is -0.129. The molecule has 2 aromatic carbocycles. The van der Waals surface area contributed by atoms with Gasteiger partial charge in [-0.2, -0.15) is 9.57 Å². The van der Waals surface area contributed by atoms with Gasteiger partial charge in [0, 0.05) is 19.3 Å². The number of imide groups is 1. The number of aromatic hydroxyl groups is 1. The summed E-state index contributed by atoms with van der Waals surface area (Å²) in [5.41, 5.74) is 1.82. The number of sulfonamides is 1. The van der Waals surface area contributed by atoms with Gasteiger partial charge in [0.15, 0.2) is 0 Å². The number of hydrogen-bond acceptors (Lipinski definition) is 9. The largest absolute Gasteiger partial charge is 0.508 e. The molecule has 14 heteroatoms. The van der Waals surface area contributed by atoms with E-state index in [4.69, 9.17) is 0 Å².